The van der Waals surface area contributed by atoms with E-state index >= 15 is 0 Å². The molecule has 3 aliphatic rings. The Morgan fingerprint density at radius 3 is 1.33 bits per heavy atom. The minimum Gasteiger partial charge on any atom is -0.374 e. The van der Waals surface area contributed by atoms with Crippen LogP contribution in [0.15, 0.2) is 182 Å². The van der Waals surface area contributed by atoms with Crippen LogP contribution in [0, 0.1) is 0 Å². The van der Waals surface area contributed by atoms with Gasteiger partial charge in [-0.25, -0.2) is 0 Å². The van der Waals surface area contributed by atoms with Crippen molar-refractivity contribution in [3.63, 3.8) is 0 Å². The first-order valence-corrected chi connectivity index (χ1v) is 22.7. The second-order valence-electron chi connectivity index (χ2n) is 16.6. The summed E-state index contributed by atoms with van der Waals surface area (Å²) in [5.74, 6) is 0. The van der Waals surface area contributed by atoms with E-state index in [2.05, 4.69) is 0 Å². The van der Waals surface area contributed by atoms with E-state index < -0.39 is 67.7 Å². The minimum absolute atomic E-state index is 0.166. The molecule has 7 unspecified atom stereocenters. The van der Waals surface area contributed by atoms with Crippen molar-refractivity contribution < 1.29 is 52.1 Å². The van der Waals surface area contributed by atoms with Crippen molar-refractivity contribution in [3.05, 3.63) is 215 Å². The van der Waals surface area contributed by atoms with Gasteiger partial charge in [0.05, 0.1) is 46.2 Å². The molecule has 0 spiro atoms. The molecule has 6 aromatic rings. The van der Waals surface area contributed by atoms with Gasteiger partial charge in [-0.3, -0.25) is 0 Å². The van der Waals surface area contributed by atoms with Crippen LogP contribution in [-0.2, 0) is 85.1 Å². The third-order valence-electron chi connectivity index (χ3n) is 12.0. The molecular weight excluding hydrogens is 837 g/mol. The third kappa shape index (κ3) is 12.1. The molecule has 3 fully saturated rings. The molecule has 3 saturated heterocycles. The fourth-order valence-electron chi connectivity index (χ4n) is 8.63. The molecule has 66 heavy (non-hydrogen) atoms. The van der Waals surface area contributed by atoms with Gasteiger partial charge in [-0.2, -0.15) is 0 Å². The highest BCUT2D eigenvalue weighted by Gasteiger charge is 2.56. The average molecular weight is 895 g/mol. The van der Waals surface area contributed by atoms with Gasteiger partial charge in [0.15, 0.2) is 18.9 Å². The number of benzene rings is 6. The van der Waals surface area contributed by atoms with Crippen LogP contribution in [0.1, 0.15) is 39.7 Å². The second kappa shape index (κ2) is 23.6. The summed E-state index contributed by atoms with van der Waals surface area (Å²) >= 11 is 0. The number of ether oxygens (including phenoxy) is 11. The van der Waals surface area contributed by atoms with E-state index in [9.17, 15) is 0 Å². The highest BCUT2D eigenvalue weighted by Crippen LogP contribution is 2.40. The Hall–Kier alpha value is -5.12. The summed E-state index contributed by atoms with van der Waals surface area (Å²) in [6, 6.07) is 60.1. The van der Waals surface area contributed by atoms with Gasteiger partial charge in [0, 0.05) is 12.7 Å². The Morgan fingerprint density at radius 2 is 0.848 bits per heavy atom. The first-order valence-electron chi connectivity index (χ1n) is 22.7. The standard InChI is InChI=1S/C55H58O11/c1-56-54-52(61-36-43-28-16-6-17-29-43)50(48-46(63-54)38-62-53(65-48)44-30-18-7-19-31-44)66-55-51(60-35-42-26-14-5-15-27-42)49(59-34-41-24-12-4-13-25-41)47(58-33-40-22-10-3-11-23-40)45(64-55)37-57-32-39-20-8-2-9-21-39/h2-31,45-55H,32-38H2,1H3/t45?,46?,47-,48-,49?,50?,51?,52?,53?,54+,55+/m1/s1. The molecule has 0 saturated carbocycles. The van der Waals surface area contributed by atoms with Gasteiger partial charge in [-0.15, -0.1) is 0 Å². The lowest BCUT2D eigenvalue weighted by Crippen LogP contribution is -2.67. The highest BCUT2D eigenvalue weighted by molar-refractivity contribution is 5.19. The van der Waals surface area contributed by atoms with Crippen LogP contribution >= 0.6 is 0 Å². The fourth-order valence-corrected chi connectivity index (χ4v) is 8.63. The maximum Gasteiger partial charge on any atom is 0.187 e. The predicted molar refractivity (Wildman–Crippen MR) is 245 cm³/mol. The molecule has 0 radical (unpaired) electrons. The van der Waals surface area contributed by atoms with E-state index in [0.29, 0.717) is 13.2 Å². The molecule has 0 N–H and O–H groups in total. The van der Waals surface area contributed by atoms with Crippen LogP contribution in [0.2, 0.25) is 0 Å². The van der Waals surface area contributed by atoms with Crippen LogP contribution in [0.5, 0.6) is 0 Å². The summed E-state index contributed by atoms with van der Waals surface area (Å²) in [7, 11) is 1.60. The summed E-state index contributed by atoms with van der Waals surface area (Å²) in [6.07, 6.45) is -8.32. The van der Waals surface area contributed by atoms with Crippen molar-refractivity contribution in [2.75, 3.05) is 20.3 Å². The lowest BCUT2D eigenvalue weighted by Gasteiger charge is -2.51. The average Bonchev–Trinajstić information content (AvgIpc) is 3.38. The number of hydrogen-bond donors (Lipinski definition) is 0. The fraction of sp³-hybridized carbons (Fsp3) is 0.345. The van der Waals surface area contributed by atoms with Gasteiger partial charge < -0.3 is 52.1 Å². The normalized spacial score (nSPS) is 27.5. The van der Waals surface area contributed by atoms with Gasteiger partial charge in [0.2, 0.25) is 0 Å². The highest BCUT2D eigenvalue weighted by atomic mass is 16.8. The van der Waals surface area contributed by atoms with Crippen molar-refractivity contribution in [1.29, 1.82) is 0 Å². The Morgan fingerprint density at radius 1 is 0.424 bits per heavy atom. The van der Waals surface area contributed by atoms with E-state index in [4.69, 9.17) is 52.1 Å². The number of methoxy groups -OCH3 is 1. The molecule has 3 aliphatic heterocycles. The van der Waals surface area contributed by atoms with Crippen molar-refractivity contribution in [2.24, 2.45) is 0 Å². The first kappa shape index (κ1) is 46.0. The van der Waals surface area contributed by atoms with Crippen LogP contribution in [0.25, 0.3) is 0 Å². The third-order valence-corrected chi connectivity index (χ3v) is 12.0. The Kier molecular flexibility index (Phi) is 16.4. The van der Waals surface area contributed by atoms with Crippen LogP contribution in [0.4, 0.5) is 0 Å². The lowest BCUT2D eigenvalue weighted by molar-refractivity contribution is -0.399. The van der Waals surface area contributed by atoms with E-state index in [-0.39, 0.29) is 33.0 Å². The summed E-state index contributed by atoms with van der Waals surface area (Å²) < 4.78 is 74.6. The zero-order valence-electron chi connectivity index (χ0n) is 37.1. The topological polar surface area (TPSA) is 102 Å². The molecule has 11 atom stereocenters. The summed E-state index contributed by atoms with van der Waals surface area (Å²) in [4.78, 5) is 0. The maximum atomic E-state index is 7.40. The van der Waals surface area contributed by atoms with Gasteiger partial charge >= 0.3 is 0 Å². The molecule has 3 heterocycles. The van der Waals surface area contributed by atoms with Crippen molar-refractivity contribution in [3.8, 4) is 0 Å². The second-order valence-corrected chi connectivity index (χ2v) is 16.6. The molecule has 9 rings (SSSR count). The number of hydrogen-bond acceptors (Lipinski definition) is 11. The van der Waals surface area contributed by atoms with Crippen LogP contribution in [-0.4, -0.2) is 81.7 Å². The van der Waals surface area contributed by atoms with E-state index in [1.165, 1.54) is 0 Å². The molecule has 0 aromatic heterocycles. The van der Waals surface area contributed by atoms with E-state index in [1.54, 1.807) is 7.11 Å². The SMILES string of the molecule is CO[C@H]1OC2COC(c3ccccc3)O[C@H]2C(O[C@@H]2OC(COCc3ccccc3)[C@@H](OCc3ccccc3)C(OCc3ccccc3)C2OCc2ccccc2)C1OCc1ccccc1. The van der Waals surface area contributed by atoms with Crippen molar-refractivity contribution in [2.45, 2.75) is 101 Å². The molecule has 0 amide bonds. The molecule has 0 aliphatic carbocycles. The predicted octanol–water partition coefficient (Wildman–Crippen LogP) is 9.14. The summed E-state index contributed by atoms with van der Waals surface area (Å²) in [5.41, 5.74) is 5.85. The Labute approximate surface area is 387 Å². The molecule has 6 aromatic carbocycles. The van der Waals surface area contributed by atoms with E-state index in [0.717, 1.165) is 33.4 Å². The number of fused-ring (bicyclic) bond motifs is 1. The van der Waals surface area contributed by atoms with Crippen molar-refractivity contribution in [1.82, 2.24) is 0 Å². The Balaban J connectivity index is 1.10. The van der Waals surface area contributed by atoms with Crippen LogP contribution in [0.3, 0.4) is 0 Å². The Bertz CT molecular complexity index is 2270. The molecule has 344 valence electrons. The molecular formula is C55H58O11. The largest absolute Gasteiger partial charge is 0.374 e. The smallest absolute Gasteiger partial charge is 0.187 e. The monoisotopic (exact) mass is 894 g/mol. The summed E-state index contributed by atoms with van der Waals surface area (Å²) in [5, 5.41) is 0. The lowest BCUT2D eigenvalue weighted by atomic mass is 9.95. The zero-order valence-corrected chi connectivity index (χ0v) is 37.1. The van der Waals surface area contributed by atoms with Gasteiger partial charge in [-0.05, 0) is 27.8 Å². The zero-order chi connectivity index (χ0) is 44.8. The molecule has 11 nitrogen and oxygen atoms in total. The minimum atomic E-state index is -1.05. The van der Waals surface area contributed by atoms with Crippen molar-refractivity contribution >= 4 is 0 Å². The maximum absolute atomic E-state index is 7.40. The van der Waals surface area contributed by atoms with Crippen LogP contribution < -0.4 is 0 Å². The molecule has 11 heteroatoms. The van der Waals surface area contributed by atoms with Gasteiger partial charge in [0.25, 0.3) is 0 Å². The molecule has 0 bridgehead atoms. The quantitative estimate of drug-likeness (QED) is 0.0734. The van der Waals surface area contributed by atoms with E-state index in [1.807, 2.05) is 182 Å². The van der Waals surface area contributed by atoms with Gasteiger partial charge in [0.1, 0.15) is 48.8 Å². The number of rotatable bonds is 20. The first-order chi connectivity index (χ1) is 32.7. The summed E-state index contributed by atoms with van der Waals surface area (Å²) in [6.45, 7) is 1.85. The van der Waals surface area contributed by atoms with Gasteiger partial charge in [-0.1, -0.05) is 182 Å².